The number of nitrogens with zero attached hydrogens (tertiary/aromatic N) is 1. The molecule has 0 spiro atoms. The molecule has 0 amide bonds. The number of benzene rings is 1. The maximum atomic E-state index is 10.7. The van der Waals surface area contributed by atoms with Gasteiger partial charge in [0, 0.05) is 38.2 Å². The molecule has 4 nitrogen and oxygen atoms in total. The Kier molecular flexibility index (Phi) is 5.48. The first-order valence-electron chi connectivity index (χ1n) is 8.24. The number of ether oxygens (including phenoxy) is 1. The van der Waals surface area contributed by atoms with Gasteiger partial charge in [0.15, 0.2) is 0 Å². The van der Waals surface area contributed by atoms with Crippen LogP contribution < -0.4 is 10.2 Å². The molecule has 3 N–H and O–H groups in total. The van der Waals surface area contributed by atoms with Gasteiger partial charge in [0.2, 0.25) is 0 Å². The Morgan fingerprint density at radius 1 is 1.23 bits per heavy atom. The molecule has 4 heteroatoms. The highest BCUT2D eigenvalue weighted by molar-refractivity contribution is 5.45. The molecule has 0 aromatic heterocycles. The van der Waals surface area contributed by atoms with Crippen LogP contribution in [0.15, 0.2) is 24.3 Å². The van der Waals surface area contributed by atoms with Gasteiger partial charge in [0.05, 0.1) is 24.4 Å². The van der Waals surface area contributed by atoms with Gasteiger partial charge in [0.25, 0.3) is 0 Å². The molecule has 1 saturated heterocycles. The molecule has 1 aliphatic heterocycles. The first kappa shape index (κ1) is 17.3. The van der Waals surface area contributed by atoms with Gasteiger partial charge in [0.1, 0.15) is 6.54 Å². The fourth-order valence-corrected chi connectivity index (χ4v) is 3.23. The number of hydrogen-bond donors (Lipinski definition) is 2. The van der Waals surface area contributed by atoms with Crippen molar-refractivity contribution in [2.24, 2.45) is 0 Å². The number of hydrogen-bond acceptors (Lipinski definition) is 3. The Bertz CT molecular complexity index is 470. The van der Waals surface area contributed by atoms with E-state index >= 15 is 0 Å². The molecule has 1 aromatic carbocycles. The zero-order valence-electron chi connectivity index (χ0n) is 14.4. The van der Waals surface area contributed by atoms with Gasteiger partial charge in [-0.15, -0.1) is 0 Å². The molecule has 1 atom stereocenters. The number of nitrogens with two attached hydrogens (primary N) is 1. The number of anilines is 1. The van der Waals surface area contributed by atoms with E-state index in [0.29, 0.717) is 6.61 Å². The molecule has 1 fully saturated rings. The third-order valence-electron chi connectivity index (χ3n) is 4.46. The molecule has 0 radical (unpaired) electrons. The Morgan fingerprint density at radius 2 is 1.91 bits per heavy atom. The van der Waals surface area contributed by atoms with Crippen LogP contribution in [0.2, 0.25) is 0 Å². The summed E-state index contributed by atoms with van der Waals surface area (Å²) in [6, 6.07) is 8.66. The van der Waals surface area contributed by atoms with Crippen LogP contribution in [-0.4, -0.2) is 43.6 Å². The topological polar surface area (TPSA) is 49.3 Å². The van der Waals surface area contributed by atoms with Gasteiger partial charge in [-0.1, -0.05) is 12.1 Å². The quantitative estimate of drug-likeness (QED) is 0.784. The van der Waals surface area contributed by atoms with Crippen molar-refractivity contribution in [3.8, 4) is 0 Å². The minimum atomic E-state index is -0.562. The van der Waals surface area contributed by atoms with E-state index in [4.69, 9.17) is 4.74 Å². The minimum Gasteiger partial charge on any atom is -0.389 e. The fraction of sp³-hybridized carbons (Fsp3) is 0.667. The lowest BCUT2D eigenvalue weighted by Gasteiger charge is -2.41. The van der Waals surface area contributed by atoms with E-state index in [-0.39, 0.29) is 5.60 Å². The molecular weight excluding hydrogens is 276 g/mol. The third kappa shape index (κ3) is 4.97. The molecule has 0 bridgehead atoms. The maximum Gasteiger partial charge on any atom is 0.101 e. The fourth-order valence-electron chi connectivity index (χ4n) is 3.23. The zero-order valence-corrected chi connectivity index (χ0v) is 14.4. The van der Waals surface area contributed by atoms with Crippen LogP contribution in [0.5, 0.6) is 0 Å². The standard InChI is InChI=1S/C18H30N2O2/c1-17(2)14-18(21,10-12-22-17)9-11-19-13-15-5-7-16(8-6-15)20(3)4/h5-8,19,21H,9-14H2,1-4H3/p+1/t18-/m1/s1. The van der Waals surface area contributed by atoms with Gasteiger partial charge < -0.3 is 20.1 Å². The zero-order chi connectivity index (χ0) is 16.2. The van der Waals surface area contributed by atoms with Crippen molar-refractivity contribution in [3.05, 3.63) is 29.8 Å². The second kappa shape index (κ2) is 6.99. The lowest BCUT2D eigenvalue weighted by atomic mass is 9.82. The highest BCUT2D eigenvalue weighted by Crippen LogP contribution is 2.33. The highest BCUT2D eigenvalue weighted by Gasteiger charge is 2.39. The molecule has 124 valence electrons. The summed E-state index contributed by atoms with van der Waals surface area (Å²) in [7, 11) is 4.11. The Labute approximate surface area is 134 Å². The van der Waals surface area contributed by atoms with Crippen molar-refractivity contribution >= 4 is 5.69 Å². The summed E-state index contributed by atoms with van der Waals surface area (Å²) in [5.41, 5.74) is 1.79. The van der Waals surface area contributed by atoms with E-state index in [1.165, 1.54) is 11.3 Å². The SMILES string of the molecule is CN(C)c1ccc(C[NH2+]CC[C@@]2(O)CCOC(C)(C)C2)cc1. The van der Waals surface area contributed by atoms with Crippen molar-refractivity contribution < 1.29 is 15.2 Å². The van der Waals surface area contributed by atoms with Crippen LogP contribution in [-0.2, 0) is 11.3 Å². The Hall–Kier alpha value is -1.10. The van der Waals surface area contributed by atoms with E-state index in [0.717, 1.165) is 32.4 Å². The lowest BCUT2D eigenvalue weighted by Crippen LogP contribution is -2.83. The normalized spacial score (nSPS) is 24.2. The molecule has 0 saturated carbocycles. The van der Waals surface area contributed by atoms with Crippen molar-refractivity contribution in [2.75, 3.05) is 32.1 Å². The molecule has 1 heterocycles. The maximum absolute atomic E-state index is 10.7. The predicted octanol–water partition coefficient (Wildman–Crippen LogP) is 1.53. The lowest BCUT2D eigenvalue weighted by molar-refractivity contribution is -0.672. The van der Waals surface area contributed by atoms with Crippen LogP contribution in [0, 0.1) is 0 Å². The van der Waals surface area contributed by atoms with Crippen molar-refractivity contribution in [1.29, 1.82) is 0 Å². The van der Waals surface area contributed by atoms with Crippen molar-refractivity contribution in [1.82, 2.24) is 0 Å². The summed E-state index contributed by atoms with van der Waals surface area (Å²) >= 11 is 0. The number of quaternary nitrogens is 1. The Balaban J connectivity index is 1.74. The van der Waals surface area contributed by atoms with E-state index in [9.17, 15) is 5.11 Å². The summed E-state index contributed by atoms with van der Waals surface area (Å²) in [5.74, 6) is 0. The molecule has 0 unspecified atom stereocenters. The number of aliphatic hydroxyl groups is 1. The van der Waals surface area contributed by atoms with E-state index in [2.05, 4.69) is 62.4 Å². The largest absolute Gasteiger partial charge is 0.389 e. The molecular formula is C18H31N2O2+. The summed E-state index contributed by atoms with van der Waals surface area (Å²) in [5, 5.41) is 13.0. The average Bonchev–Trinajstić information content (AvgIpc) is 2.43. The molecule has 1 aliphatic rings. The minimum absolute atomic E-state index is 0.199. The van der Waals surface area contributed by atoms with Crippen LogP contribution in [0.25, 0.3) is 0 Å². The van der Waals surface area contributed by atoms with E-state index in [1.807, 2.05) is 0 Å². The summed E-state index contributed by atoms with van der Waals surface area (Å²) in [6.45, 7) is 6.70. The summed E-state index contributed by atoms with van der Waals surface area (Å²) in [4.78, 5) is 2.11. The third-order valence-corrected chi connectivity index (χ3v) is 4.46. The first-order chi connectivity index (χ1) is 10.3. The molecule has 22 heavy (non-hydrogen) atoms. The molecule has 2 rings (SSSR count). The smallest absolute Gasteiger partial charge is 0.101 e. The van der Waals surface area contributed by atoms with Crippen LogP contribution >= 0.6 is 0 Å². The second-order valence-corrected chi connectivity index (χ2v) is 7.35. The molecule has 1 aromatic rings. The summed E-state index contributed by atoms with van der Waals surface area (Å²) in [6.07, 6.45) is 2.31. The second-order valence-electron chi connectivity index (χ2n) is 7.35. The van der Waals surface area contributed by atoms with Gasteiger partial charge in [-0.25, -0.2) is 0 Å². The number of rotatable bonds is 6. The van der Waals surface area contributed by atoms with Gasteiger partial charge in [-0.3, -0.25) is 0 Å². The van der Waals surface area contributed by atoms with Crippen molar-refractivity contribution in [2.45, 2.75) is 50.9 Å². The van der Waals surface area contributed by atoms with Gasteiger partial charge in [-0.2, -0.15) is 0 Å². The first-order valence-corrected chi connectivity index (χ1v) is 8.24. The van der Waals surface area contributed by atoms with E-state index in [1.54, 1.807) is 0 Å². The van der Waals surface area contributed by atoms with Crippen LogP contribution in [0.3, 0.4) is 0 Å². The van der Waals surface area contributed by atoms with Gasteiger partial charge in [-0.05, 0) is 32.4 Å². The summed E-state index contributed by atoms with van der Waals surface area (Å²) < 4.78 is 5.69. The average molecular weight is 307 g/mol. The predicted molar refractivity (Wildman–Crippen MR) is 90.1 cm³/mol. The van der Waals surface area contributed by atoms with E-state index < -0.39 is 5.60 Å². The van der Waals surface area contributed by atoms with Crippen molar-refractivity contribution in [3.63, 3.8) is 0 Å². The van der Waals surface area contributed by atoms with Crippen LogP contribution in [0.1, 0.15) is 38.7 Å². The van der Waals surface area contributed by atoms with Crippen LogP contribution in [0.4, 0.5) is 5.69 Å². The highest BCUT2D eigenvalue weighted by atomic mass is 16.5. The van der Waals surface area contributed by atoms with Gasteiger partial charge >= 0.3 is 0 Å². The molecule has 0 aliphatic carbocycles. The Morgan fingerprint density at radius 3 is 2.50 bits per heavy atom. The monoisotopic (exact) mass is 307 g/mol.